The van der Waals surface area contributed by atoms with Gasteiger partial charge in [0.15, 0.2) is 0 Å². The van der Waals surface area contributed by atoms with E-state index in [4.69, 9.17) is 11.6 Å². The molecule has 0 bridgehead atoms. The van der Waals surface area contributed by atoms with Crippen molar-refractivity contribution in [2.75, 3.05) is 0 Å². The summed E-state index contributed by atoms with van der Waals surface area (Å²) in [6.07, 6.45) is 0. The third-order valence-electron chi connectivity index (χ3n) is 4.14. The molecule has 0 unspecified atom stereocenters. The summed E-state index contributed by atoms with van der Waals surface area (Å²) >= 11 is 6.10. The van der Waals surface area contributed by atoms with E-state index < -0.39 is 0 Å². The zero-order valence-corrected chi connectivity index (χ0v) is 12.0. The first-order chi connectivity index (χ1) is 10.3. The van der Waals surface area contributed by atoms with Crippen molar-refractivity contribution >= 4 is 11.6 Å². The number of rotatable bonds is 1. The maximum Gasteiger partial charge on any atom is 0.134 e. The van der Waals surface area contributed by atoms with Gasteiger partial charge in [-0.2, -0.15) is 0 Å². The highest BCUT2D eigenvalue weighted by Crippen LogP contribution is 2.48. The molecule has 3 aromatic carbocycles. The summed E-state index contributed by atoms with van der Waals surface area (Å²) in [6, 6.07) is 22.4. The van der Waals surface area contributed by atoms with Crippen molar-refractivity contribution in [2.45, 2.75) is 5.92 Å². The van der Waals surface area contributed by atoms with Gasteiger partial charge in [-0.3, -0.25) is 0 Å². The van der Waals surface area contributed by atoms with Crippen LogP contribution in [-0.2, 0) is 0 Å². The van der Waals surface area contributed by atoms with Crippen LogP contribution in [0.4, 0.5) is 0 Å². The molecule has 21 heavy (non-hydrogen) atoms. The van der Waals surface area contributed by atoms with Gasteiger partial charge in [0.2, 0.25) is 0 Å². The molecule has 0 atom stereocenters. The Morgan fingerprint density at radius 2 is 1.33 bits per heavy atom. The average molecular weight is 293 g/mol. The molecule has 0 amide bonds. The van der Waals surface area contributed by atoms with E-state index >= 15 is 0 Å². The van der Waals surface area contributed by atoms with Gasteiger partial charge in [0.1, 0.15) is 5.75 Å². The van der Waals surface area contributed by atoms with Crippen LogP contribution in [0.5, 0.6) is 5.75 Å². The quantitative estimate of drug-likeness (QED) is 0.511. The number of phenolic OH excluding ortho intramolecular Hbond substituents is 1. The fourth-order valence-electron chi connectivity index (χ4n) is 3.22. The van der Waals surface area contributed by atoms with E-state index in [1.807, 2.05) is 12.1 Å². The summed E-state index contributed by atoms with van der Waals surface area (Å²) in [7, 11) is 0. The van der Waals surface area contributed by atoms with Crippen molar-refractivity contribution in [3.63, 3.8) is 0 Å². The second-order valence-corrected chi connectivity index (χ2v) is 5.73. The summed E-state index contributed by atoms with van der Waals surface area (Å²) in [5.74, 6) is 0.301. The Hall–Kier alpha value is -2.25. The van der Waals surface area contributed by atoms with Gasteiger partial charge in [-0.15, -0.1) is 0 Å². The van der Waals surface area contributed by atoms with Crippen molar-refractivity contribution in [1.82, 2.24) is 0 Å². The summed E-state index contributed by atoms with van der Waals surface area (Å²) in [5.41, 5.74) is 6.25. The van der Waals surface area contributed by atoms with Crippen LogP contribution in [0.1, 0.15) is 22.6 Å². The van der Waals surface area contributed by atoms with Crippen LogP contribution in [-0.4, -0.2) is 5.11 Å². The van der Waals surface area contributed by atoms with Crippen LogP contribution in [0.3, 0.4) is 0 Å². The molecule has 1 aliphatic rings. The molecule has 0 saturated carbocycles. The molecule has 3 aromatic rings. The molecule has 1 nitrogen and oxygen atoms in total. The lowest BCUT2D eigenvalue weighted by Crippen LogP contribution is -1.98. The van der Waals surface area contributed by atoms with Crippen molar-refractivity contribution in [3.8, 4) is 16.9 Å². The number of halogens is 1. The van der Waals surface area contributed by atoms with E-state index in [1.54, 1.807) is 6.07 Å². The Morgan fingerprint density at radius 1 is 0.762 bits per heavy atom. The van der Waals surface area contributed by atoms with E-state index in [1.165, 1.54) is 22.3 Å². The lowest BCUT2D eigenvalue weighted by Gasteiger charge is -2.15. The summed E-state index contributed by atoms with van der Waals surface area (Å²) < 4.78 is 0. The van der Waals surface area contributed by atoms with Gasteiger partial charge >= 0.3 is 0 Å². The molecule has 1 aliphatic carbocycles. The summed E-state index contributed by atoms with van der Waals surface area (Å²) in [6.45, 7) is 0. The number of phenols is 1. The summed E-state index contributed by atoms with van der Waals surface area (Å²) in [4.78, 5) is 0. The maximum absolute atomic E-state index is 9.65. The highest BCUT2D eigenvalue weighted by atomic mass is 35.5. The van der Waals surface area contributed by atoms with Crippen molar-refractivity contribution < 1.29 is 5.11 Å². The van der Waals surface area contributed by atoms with Gasteiger partial charge in [0.05, 0.1) is 5.02 Å². The Labute approximate surface area is 128 Å². The number of aromatic hydroxyl groups is 1. The molecule has 0 aliphatic heterocycles. The SMILES string of the molecule is Oc1ccc(C2c3ccccc3-c3ccccc32)cc1Cl. The molecule has 2 heteroatoms. The molecule has 4 rings (SSSR count). The van der Waals surface area contributed by atoms with Crippen molar-refractivity contribution in [1.29, 1.82) is 0 Å². The molecule has 0 radical (unpaired) electrons. The molecular weight excluding hydrogens is 280 g/mol. The highest BCUT2D eigenvalue weighted by molar-refractivity contribution is 6.32. The fraction of sp³-hybridized carbons (Fsp3) is 0.0526. The third kappa shape index (κ3) is 1.85. The van der Waals surface area contributed by atoms with E-state index in [0.29, 0.717) is 5.02 Å². The van der Waals surface area contributed by atoms with Gasteiger partial charge in [-0.1, -0.05) is 66.2 Å². The van der Waals surface area contributed by atoms with Gasteiger partial charge in [0, 0.05) is 5.92 Å². The average Bonchev–Trinajstić information content (AvgIpc) is 2.85. The van der Waals surface area contributed by atoms with Gasteiger partial charge in [-0.05, 0) is 39.9 Å². The third-order valence-corrected chi connectivity index (χ3v) is 4.44. The van der Waals surface area contributed by atoms with Gasteiger partial charge in [0.25, 0.3) is 0 Å². The molecule has 0 saturated heterocycles. The molecule has 0 fully saturated rings. The first-order valence-electron chi connectivity index (χ1n) is 6.92. The standard InChI is InChI=1S/C19H13ClO/c20-17-11-12(9-10-18(17)21)19-15-7-3-1-5-13(15)14-6-2-4-8-16(14)19/h1-11,19,21H. The van der Waals surface area contributed by atoms with E-state index in [9.17, 15) is 5.11 Å². The molecular formula is C19H13ClO. The highest BCUT2D eigenvalue weighted by Gasteiger charge is 2.29. The second-order valence-electron chi connectivity index (χ2n) is 5.32. The Kier molecular flexibility index (Phi) is 2.76. The number of fused-ring (bicyclic) bond motifs is 3. The van der Waals surface area contributed by atoms with Crippen LogP contribution < -0.4 is 0 Å². The van der Waals surface area contributed by atoms with Crippen LogP contribution in [0.2, 0.25) is 5.02 Å². The lowest BCUT2D eigenvalue weighted by molar-refractivity contribution is 0.475. The predicted molar refractivity (Wildman–Crippen MR) is 85.9 cm³/mol. The Balaban J connectivity index is 1.98. The molecule has 0 spiro atoms. The summed E-state index contributed by atoms with van der Waals surface area (Å²) in [5, 5.41) is 10.0. The van der Waals surface area contributed by atoms with Crippen molar-refractivity contribution in [3.05, 3.63) is 88.4 Å². The molecule has 1 N–H and O–H groups in total. The van der Waals surface area contributed by atoms with Crippen molar-refractivity contribution in [2.24, 2.45) is 0 Å². The number of benzene rings is 3. The largest absolute Gasteiger partial charge is 0.506 e. The topological polar surface area (TPSA) is 20.2 Å². The Morgan fingerprint density at radius 3 is 1.90 bits per heavy atom. The van der Waals surface area contributed by atoms with Crippen LogP contribution in [0.15, 0.2) is 66.7 Å². The first kappa shape index (κ1) is 12.5. The number of hydrogen-bond acceptors (Lipinski definition) is 1. The molecule has 0 heterocycles. The lowest BCUT2D eigenvalue weighted by atomic mass is 9.89. The molecule has 0 aromatic heterocycles. The van der Waals surface area contributed by atoms with E-state index in [0.717, 1.165) is 5.56 Å². The molecule has 102 valence electrons. The fourth-order valence-corrected chi connectivity index (χ4v) is 3.41. The first-order valence-corrected chi connectivity index (χ1v) is 7.30. The smallest absolute Gasteiger partial charge is 0.134 e. The Bertz CT molecular complexity index is 793. The minimum Gasteiger partial charge on any atom is -0.506 e. The van der Waals surface area contributed by atoms with Crippen LogP contribution in [0, 0.1) is 0 Å². The zero-order chi connectivity index (χ0) is 14.4. The number of hydrogen-bond donors (Lipinski definition) is 1. The van der Waals surface area contributed by atoms with Gasteiger partial charge in [-0.25, -0.2) is 0 Å². The van der Waals surface area contributed by atoms with E-state index in [-0.39, 0.29) is 11.7 Å². The maximum atomic E-state index is 9.65. The normalized spacial score (nSPS) is 13.0. The second kappa shape index (κ2) is 4.64. The van der Waals surface area contributed by atoms with E-state index in [2.05, 4.69) is 48.5 Å². The minimum atomic E-state index is 0.125. The minimum absolute atomic E-state index is 0.125. The monoisotopic (exact) mass is 292 g/mol. The zero-order valence-electron chi connectivity index (χ0n) is 11.3. The van der Waals surface area contributed by atoms with Crippen LogP contribution >= 0.6 is 11.6 Å². The van der Waals surface area contributed by atoms with Crippen LogP contribution in [0.25, 0.3) is 11.1 Å². The predicted octanol–water partition coefficient (Wildman–Crippen LogP) is 5.21. The van der Waals surface area contributed by atoms with Gasteiger partial charge < -0.3 is 5.11 Å².